The molecule has 0 aliphatic carbocycles. The van der Waals surface area contributed by atoms with Gasteiger partial charge in [0.1, 0.15) is 11.5 Å². The first-order chi connectivity index (χ1) is 12.5. The summed E-state index contributed by atoms with van der Waals surface area (Å²) in [6.07, 6.45) is 0.175. The number of carbonyl (C=O) groups is 2. The second-order valence-electron chi connectivity index (χ2n) is 6.23. The zero-order valence-corrected chi connectivity index (χ0v) is 15.1. The average molecular weight is 354 g/mol. The Kier molecular flexibility index (Phi) is 5.11. The van der Waals surface area contributed by atoms with Crippen molar-refractivity contribution in [2.45, 2.75) is 12.5 Å². The molecule has 0 unspecified atom stereocenters. The lowest BCUT2D eigenvalue weighted by Gasteiger charge is -2.25. The van der Waals surface area contributed by atoms with E-state index in [0.717, 1.165) is 5.56 Å². The molecule has 6 nitrogen and oxygen atoms in total. The second-order valence-corrected chi connectivity index (χ2v) is 6.23. The number of hydrogen-bond acceptors (Lipinski definition) is 4. The summed E-state index contributed by atoms with van der Waals surface area (Å²) in [6.45, 7) is 0. The number of methoxy groups -OCH3 is 2. The molecule has 0 radical (unpaired) electrons. The van der Waals surface area contributed by atoms with Crippen LogP contribution >= 0.6 is 0 Å². The maximum atomic E-state index is 13.0. The summed E-state index contributed by atoms with van der Waals surface area (Å²) < 4.78 is 10.5. The van der Waals surface area contributed by atoms with Gasteiger partial charge in [-0.3, -0.25) is 9.59 Å². The highest BCUT2D eigenvalue weighted by atomic mass is 16.5. The molecule has 6 heteroatoms. The van der Waals surface area contributed by atoms with E-state index in [1.165, 1.54) is 7.11 Å². The lowest BCUT2D eigenvalue weighted by molar-refractivity contribution is -0.127. The van der Waals surface area contributed by atoms with Crippen LogP contribution in [0.25, 0.3) is 0 Å². The van der Waals surface area contributed by atoms with Crippen LogP contribution in [0.4, 0.5) is 5.69 Å². The summed E-state index contributed by atoms with van der Waals surface area (Å²) in [5.74, 6) is 0.402. The van der Waals surface area contributed by atoms with Crippen molar-refractivity contribution in [1.82, 2.24) is 4.90 Å². The van der Waals surface area contributed by atoms with Crippen molar-refractivity contribution in [2.24, 2.45) is 5.92 Å². The number of carbonyl (C=O) groups excluding carboxylic acids is 2. The highest BCUT2D eigenvalue weighted by molar-refractivity contribution is 5.99. The molecule has 0 bridgehead atoms. The number of nitrogens with zero attached hydrogens (tertiary/aromatic N) is 1. The van der Waals surface area contributed by atoms with Gasteiger partial charge in [-0.05, 0) is 17.7 Å². The molecule has 1 N–H and O–H groups in total. The van der Waals surface area contributed by atoms with Gasteiger partial charge < -0.3 is 19.7 Å². The molecular weight excluding hydrogens is 332 g/mol. The van der Waals surface area contributed by atoms with Crippen LogP contribution in [-0.4, -0.2) is 38.0 Å². The number of anilines is 1. The number of hydrogen-bond donors (Lipinski definition) is 1. The Morgan fingerprint density at radius 2 is 1.85 bits per heavy atom. The van der Waals surface area contributed by atoms with E-state index in [-0.39, 0.29) is 24.3 Å². The minimum atomic E-state index is -0.481. The van der Waals surface area contributed by atoms with E-state index in [9.17, 15) is 9.59 Å². The third-order valence-electron chi connectivity index (χ3n) is 4.73. The standard InChI is InChI=1S/C20H22N2O4/c1-22-18(23)12-15(19(22)13-7-5-4-6-8-13)20(24)21-16-11-14(25-2)9-10-17(16)26-3/h4-11,15,19H,12H2,1-3H3,(H,21,24)/t15-,19+/m0/s1. The molecular formula is C20H22N2O4. The van der Waals surface area contributed by atoms with Gasteiger partial charge in [0.05, 0.1) is 31.9 Å². The van der Waals surface area contributed by atoms with Gasteiger partial charge in [0.2, 0.25) is 11.8 Å². The average Bonchev–Trinajstić information content (AvgIpc) is 2.97. The van der Waals surface area contributed by atoms with Crippen molar-refractivity contribution in [3.05, 3.63) is 54.1 Å². The Morgan fingerprint density at radius 1 is 1.12 bits per heavy atom. The van der Waals surface area contributed by atoms with Gasteiger partial charge in [0.15, 0.2) is 0 Å². The maximum absolute atomic E-state index is 13.0. The molecule has 2 aromatic carbocycles. The molecule has 2 amide bonds. The first kappa shape index (κ1) is 17.8. The van der Waals surface area contributed by atoms with Crippen LogP contribution < -0.4 is 14.8 Å². The van der Waals surface area contributed by atoms with Crippen LogP contribution in [0, 0.1) is 5.92 Å². The zero-order valence-electron chi connectivity index (χ0n) is 15.1. The van der Waals surface area contributed by atoms with Crippen LogP contribution in [-0.2, 0) is 9.59 Å². The lowest BCUT2D eigenvalue weighted by Crippen LogP contribution is -2.30. The van der Waals surface area contributed by atoms with E-state index in [4.69, 9.17) is 9.47 Å². The van der Waals surface area contributed by atoms with E-state index in [1.54, 1.807) is 37.3 Å². The molecule has 136 valence electrons. The van der Waals surface area contributed by atoms with E-state index < -0.39 is 5.92 Å². The summed E-state index contributed by atoms with van der Waals surface area (Å²) >= 11 is 0. The van der Waals surface area contributed by atoms with Crippen LogP contribution in [0.15, 0.2) is 48.5 Å². The number of nitrogens with one attached hydrogen (secondary N) is 1. The Hall–Kier alpha value is -3.02. The topological polar surface area (TPSA) is 67.9 Å². The molecule has 1 fully saturated rings. The lowest BCUT2D eigenvalue weighted by atomic mass is 9.93. The minimum absolute atomic E-state index is 0.0448. The fraction of sp³-hybridized carbons (Fsp3) is 0.300. The summed E-state index contributed by atoms with van der Waals surface area (Å²) in [4.78, 5) is 26.9. The van der Waals surface area contributed by atoms with Crippen molar-refractivity contribution in [1.29, 1.82) is 0 Å². The van der Waals surface area contributed by atoms with Crippen LogP contribution in [0.2, 0.25) is 0 Å². The quantitative estimate of drug-likeness (QED) is 0.896. The van der Waals surface area contributed by atoms with E-state index in [0.29, 0.717) is 17.2 Å². The first-order valence-electron chi connectivity index (χ1n) is 8.38. The van der Waals surface area contributed by atoms with E-state index in [2.05, 4.69) is 5.32 Å². The molecule has 0 saturated carbocycles. The zero-order chi connectivity index (χ0) is 18.7. The molecule has 1 saturated heterocycles. The molecule has 1 heterocycles. The summed E-state index contributed by atoms with van der Waals surface area (Å²) in [7, 11) is 4.83. The normalized spacial score (nSPS) is 19.3. The number of ether oxygens (including phenoxy) is 2. The second kappa shape index (κ2) is 7.47. The summed E-state index contributed by atoms with van der Waals surface area (Å²) in [5, 5.41) is 2.90. The molecule has 2 atom stereocenters. The van der Waals surface area contributed by atoms with E-state index in [1.807, 2.05) is 30.3 Å². The third kappa shape index (κ3) is 3.35. The fourth-order valence-corrected chi connectivity index (χ4v) is 3.35. The van der Waals surface area contributed by atoms with Crippen molar-refractivity contribution < 1.29 is 19.1 Å². The van der Waals surface area contributed by atoms with Gasteiger partial charge >= 0.3 is 0 Å². The van der Waals surface area contributed by atoms with Gasteiger partial charge in [0, 0.05) is 19.5 Å². The summed E-state index contributed by atoms with van der Waals surface area (Å²) in [5.41, 5.74) is 1.46. The molecule has 2 aromatic rings. The number of likely N-dealkylation sites (tertiary alicyclic amines) is 1. The van der Waals surface area contributed by atoms with Crippen LogP contribution in [0.1, 0.15) is 18.0 Å². The van der Waals surface area contributed by atoms with Gasteiger partial charge in [-0.25, -0.2) is 0 Å². The van der Waals surface area contributed by atoms with Crippen LogP contribution in [0.3, 0.4) is 0 Å². The molecule has 0 aromatic heterocycles. The molecule has 3 rings (SSSR count). The van der Waals surface area contributed by atoms with Crippen molar-refractivity contribution in [3.8, 4) is 11.5 Å². The predicted molar refractivity (Wildman–Crippen MR) is 98.2 cm³/mol. The van der Waals surface area contributed by atoms with Crippen LogP contribution in [0.5, 0.6) is 11.5 Å². The monoisotopic (exact) mass is 354 g/mol. The maximum Gasteiger partial charge on any atom is 0.230 e. The smallest absolute Gasteiger partial charge is 0.230 e. The third-order valence-corrected chi connectivity index (χ3v) is 4.73. The molecule has 26 heavy (non-hydrogen) atoms. The highest BCUT2D eigenvalue weighted by Gasteiger charge is 2.42. The highest BCUT2D eigenvalue weighted by Crippen LogP contribution is 2.38. The fourth-order valence-electron chi connectivity index (χ4n) is 3.35. The molecule has 0 spiro atoms. The van der Waals surface area contributed by atoms with E-state index >= 15 is 0 Å². The van der Waals surface area contributed by atoms with Crippen molar-refractivity contribution in [2.75, 3.05) is 26.6 Å². The summed E-state index contributed by atoms with van der Waals surface area (Å²) in [6, 6.07) is 14.5. The minimum Gasteiger partial charge on any atom is -0.497 e. The largest absolute Gasteiger partial charge is 0.497 e. The Morgan fingerprint density at radius 3 is 2.50 bits per heavy atom. The van der Waals surface area contributed by atoms with Gasteiger partial charge in [0.25, 0.3) is 0 Å². The predicted octanol–water partition coefficient (Wildman–Crippen LogP) is 2.86. The van der Waals surface area contributed by atoms with Gasteiger partial charge in [-0.1, -0.05) is 30.3 Å². The molecule has 1 aliphatic rings. The Labute approximate surface area is 152 Å². The number of amides is 2. The SMILES string of the molecule is COc1ccc(OC)c(NC(=O)[C@H]2CC(=O)N(C)[C@@H]2c2ccccc2)c1. The Bertz CT molecular complexity index is 807. The van der Waals surface area contributed by atoms with Gasteiger partial charge in [-0.15, -0.1) is 0 Å². The molecule has 1 aliphatic heterocycles. The number of benzene rings is 2. The Balaban J connectivity index is 1.88. The van der Waals surface area contributed by atoms with Gasteiger partial charge in [-0.2, -0.15) is 0 Å². The van der Waals surface area contributed by atoms with Crippen molar-refractivity contribution in [3.63, 3.8) is 0 Å². The first-order valence-corrected chi connectivity index (χ1v) is 8.38. The number of rotatable bonds is 5. The van der Waals surface area contributed by atoms with Crippen molar-refractivity contribution >= 4 is 17.5 Å².